The molecule has 3 rings (SSSR count). The predicted octanol–water partition coefficient (Wildman–Crippen LogP) is 1.63. The number of carbonyl (C=O) groups excluding carboxylic acids is 2. The van der Waals surface area contributed by atoms with E-state index in [1.165, 1.54) is 21.9 Å². The number of nitrogens with one attached hydrogen (secondary N) is 2. The molecule has 0 bridgehead atoms. The van der Waals surface area contributed by atoms with Crippen molar-refractivity contribution in [3.8, 4) is 0 Å². The van der Waals surface area contributed by atoms with E-state index in [9.17, 15) is 18.0 Å². The van der Waals surface area contributed by atoms with E-state index in [1.54, 1.807) is 12.1 Å². The molecule has 1 saturated heterocycles. The van der Waals surface area contributed by atoms with E-state index in [1.807, 2.05) is 35.7 Å². The molecule has 0 radical (unpaired) electrons. The zero-order valence-corrected chi connectivity index (χ0v) is 17.8. The van der Waals surface area contributed by atoms with Gasteiger partial charge in [-0.25, -0.2) is 12.7 Å². The number of benzene rings is 1. The summed E-state index contributed by atoms with van der Waals surface area (Å²) >= 11 is 1.31. The van der Waals surface area contributed by atoms with E-state index in [0.29, 0.717) is 30.7 Å². The van der Waals surface area contributed by atoms with Crippen LogP contribution < -0.4 is 10.6 Å². The number of nitrogens with zero attached hydrogens (tertiary/aromatic N) is 1. The summed E-state index contributed by atoms with van der Waals surface area (Å²) in [6.45, 7) is 0.718. The van der Waals surface area contributed by atoms with Gasteiger partial charge >= 0.3 is 0 Å². The molecule has 2 N–H and O–H groups in total. The molecule has 2 unspecified atom stereocenters. The Morgan fingerprint density at radius 1 is 1.21 bits per heavy atom. The van der Waals surface area contributed by atoms with Gasteiger partial charge in [-0.15, -0.1) is 11.3 Å². The van der Waals surface area contributed by atoms with Gasteiger partial charge in [0, 0.05) is 25.6 Å². The maximum atomic E-state index is 13.0. The quantitative estimate of drug-likeness (QED) is 0.691. The van der Waals surface area contributed by atoms with Gasteiger partial charge in [-0.2, -0.15) is 0 Å². The molecule has 2 heterocycles. The third-order valence-corrected chi connectivity index (χ3v) is 6.99. The minimum absolute atomic E-state index is 0.251. The van der Waals surface area contributed by atoms with Crippen molar-refractivity contribution in [1.82, 2.24) is 14.9 Å². The SMILES string of the molecule is CS(=O)(=O)N1CCCC(NC(=O)C(Cc2ccccc2)NC(=O)c2cccs2)C1. The first-order chi connectivity index (χ1) is 13.8. The smallest absolute Gasteiger partial charge is 0.262 e. The average molecular weight is 436 g/mol. The Morgan fingerprint density at radius 3 is 2.62 bits per heavy atom. The van der Waals surface area contributed by atoms with Crippen LogP contribution in [0.15, 0.2) is 47.8 Å². The summed E-state index contributed by atoms with van der Waals surface area (Å²) in [6, 6.07) is 11.9. The second-order valence-corrected chi connectivity index (χ2v) is 10.1. The fourth-order valence-electron chi connectivity index (χ4n) is 3.36. The number of hydrogen-bond acceptors (Lipinski definition) is 5. The second-order valence-electron chi connectivity index (χ2n) is 7.16. The Morgan fingerprint density at radius 2 is 1.97 bits per heavy atom. The molecule has 2 atom stereocenters. The first kappa shape index (κ1) is 21.5. The minimum atomic E-state index is -3.30. The van der Waals surface area contributed by atoms with Gasteiger partial charge in [0.2, 0.25) is 15.9 Å². The first-order valence-corrected chi connectivity index (χ1v) is 12.2. The average Bonchev–Trinajstić information content (AvgIpc) is 3.23. The Labute approximate surface area is 175 Å². The molecule has 1 aliphatic heterocycles. The van der Waals surface area contributed by atoms with E-state index >= 15 is 0 Å². The van der Waals surface area contributed by atoms with E-state index < -0.39 is 16.1 Å². The minimum Gasteiger partial charge on any atom is -0.350 e. The van der Waals surface area contributed by atoms with Gasteiger partial charge < -0.3 is 10.6 Å². The third kappa shape index (κ3) is 6.12. The summed E-state index contributed by atoms with van der Waals surface area (Å²) in [5, 5.41) is 7.57. The van der Waals surface area contributed by atoms with Gasteiger partial charge in [0.15, 0.2) is 0 Å². The van der Waals surface area contributed by atoms with Crippen LogP contribution in [0, 0.1) is 0 Å². The molecule has 9 heteroatoms. The van der Waals surface area contributed by atoms with Crippen LogP contribution in [0.2, 0.25) is 0 Å². The maximum Gasteiger partial charge on any atom is 0.262 e. The Kier molecular flexibility index (Phi) is 7.05. The summed E-state index contributed by atoms with van der Waals surface area (Å²) in [5.41, 5.74) is 0.931. The number of amides is 2. The third-order valence-electron chi connectivity index (χ3n) is 4.85. The molecule has 29 heavy (non-hydrogen) atoms. The second kappa shape index (κ2) is 9.51. The molecule has 156 valence electrons. The van der Waals surface area contributed by atoms with Crippen molar-refractivity contribution in [3.05, 3.63) is 58.3 Å². The van der Waals surface area contributed by atoms with Crippen molar-refractivity contribution >= 4 is 33.2 Å². The largest absolute Gasteiger partial charge is 0.350 e. The van der Waals surface area contributed by atoms with Crippen LogP contribution in [0.25, 0.3) is 0 Å². The lowest BCUT2D eigenvalue weighted by Gasteiger charge is -2.32. The van der Waals surface area contributed by atoms with Crippen LogP contribution in [0.1, 0.15) is 28.1 Å². The molecule has 2 amide bonds. The van der Waals surface area contributed by atoms with Gasteiger partial charge in [0.1, 0.15) is 6.04 Å². The molecule has 2 aromatic rings. The summed E-state index contributed by atoms with van der Waals surface area (Å²) < 4.78 is 25.0. The highest BCUT2D eigenvalue weighted by Gasteiger charge is 2.29. The topological polar surface area (TPSA) is 95.6 Å². The molecule has 0 aliphatic carbocycles. The lowest BCUT2D eigenvalue weighted by molar-refractivity contribution is -0.123. The van der Waals surface area contributed by atoms with Crippen molar-refractivity contribution in [2.75, 3.05) is 19.3 Å². The summed E-state index contributed by atoms with van der Waals surface area (Å²) in [5.74, 6) is -0.600. The number of carbonyl (C=O) groups is 2. The van der Waals surface area contributed by atoms with Crippen LogP contribution in [0.4, 0.5) is 0 Å². The maximum absolute atomic E-state index is 13.0. The zero-order valence-electron chi connectivity index (χ0n) is 16.2. The van der Waals surface area contributed by atoms with Crippen LogP contribution in [0.5, 0.6) is 0 Å². The summed E-state index contributed by atoms with van der Waals surface area (Å²) in [4.78, 5) is 26.0. The van der Waals surface area contributed by atoms with Crippen LogP contribution >= 0.6 is 11.3 Å². The fourth-order valence-corrected chi connectivity index (χ4v) is 4.90. The van der Waals surface area contributed by atoms with Crippen LogP contribution in [0.3, 0.4) is 0 Å². The van der Waals surface area contributed by atoms with E-state index in [4.69, 9.17) is 0 Å². The molecular formula is C20H25N3O4S2. The normalized spacial score (nSPS) is 18.7. The van der Waals surface area contributed by atoms with Crippen molar-refractivity contribution < 1.29 is 18.0 Å². The van der Waals surface area contributed by atoms with E-state index in [2.05, 4.69) is 10.6 Å². The standard InChI is InChI=1S/C20H25N3O4S2/c1-29(26,27)23-11-5-9-16(14-23)21-19(24)17(13-15-7-3-2-4-8-15)22-20(25)18-10-6-12-28-18/h2-4,6-8,10,12,16-17H,5,9,11,13-14H2,1H3,(H,21,24)(H,22,25). The van der Waals surface area contributed by atoms with E-state index in [-0.39, 0.29) is 24.4 Å². The Hall–Kier alpha value is -2.23. The molecule has 1 aromatic heterocycles. The van der Waals surface area contributed by atoms with Crippen molar-refractivity contribution in [2.24, 2.45) is 0 Å². The van der Waals surface area contributed by atoms with Crippen LogP contribution in [-0.2, 0) is 21.2 Å². The highest BCUT2D eigenvalue weighted by atomic mass is 32.2. The molecule has 1 fully saturated rings. The number of thiophene rings is 1. The number of hydrogen-bond donors (Lipinski definition) is 2. The van der Waals surface area contributed by atoms with E-state index in [0.717, 1.165) is 5.56 Å². The monoisotopic (exact) mass is 435 g/mol. The fraction of sp³-hybridized carbons (Fsp3) is 0.400. The molecule has 0 saturated carbocycles. The zero-order chi connectivity index (χ0) is 20.9. The Balaban J connectivity index is 1.70. The summed E-state index contributed by atoms with van der Waals surface area (Å²) in [6.07, 6.45) is 2.92. The molecule has 1 aromatic carbocycles. The summed E-state index contributed by atoms with van der Waals surface area (Å²) in [7, 11) is -3.30. The Bertz CT molecular complexity index is 930. The van der Waals surface area contributed by atoms with Crippen molar-refractivity contribution in [3.63, 3.8) is 0 Å². The van der Waals surface area contributed by atoms with Crippen molar-refractivity contribution in [1.29, 1.82) is 0 Å². The molecule has 0 spiro atoms. The van der Waals surface area contributed by atoms with Gasteiger partial charge in [-0.3, -0.25) is 9.59 Å². The first-order valence-electron chi connectivity index (χ1n) is 9.47. The number of sulfonamides is 1. The van der Waals surface area contributed by atoms with Crippen molar-refractivity contribution in [2.45, 2.75) is 31.3 Å². The highest BCUT2D eigenvalue weighted by molar-refractivity contribution is 7.88. The molecule has 7 nitrogen and oxygen atoms in total. The lowest BCUT2D eigenvalue weighted by atomic mass is 10.0. The highest BCUT2D eigenvalue weighted by Crippen LogP contribution is 2.14. The van der Waals surface area contributed by atoms with Gasteiger partial charge in [-0.1, -0.05) is 36.4 Å². The molecule has 1 aliphatic rings. The number of piperidine rings is 1. The van der Waals surface area contributed by atoms with Gasteiger partial charge in [-0.05, 0) is 29.9 Å². The predicted molar refractivity (Wildman–Crippen MR) is 113 cm³/mol. The number of rotatable bonds is 7. The van der Waals surface area contributed by atoms with Gasteiger partial charge in [0.25, 0.3) is 5.91 Å². The van der Waals surface area contributed by atoms with Gasteiger partial charge in [0.05, 0.1) is 11.1 Å². The lowest BCUT2D eigenvalue weighted by Crippen LogP contribution is -2.55. The van der Waals surface area contributed by atoms with Crippen LogP contribution in [-0.4, -0.2) is 56.0 Å². The molecular weight excluding hydrogens is 410 g/mol.